The molecule has 6 heterocycles. The lowest BCUT2D eigenvalue weighted by Crippen LogP contribution is -2.55. The molecule has 6 unspecified atom stereocenters. The number of anilines is 2. The van der Waals surface area contributed by atoms with Crippen molar-refractivity contribution in [3.8, 4) is 11.5 Å². The topological polar surface area (TPSA) is 187 Å². The number of carbonyl (C=O) groups excluding carboxylic acids is 3. The van der Waals surface area contributed by atoms with E-state index in [2.05, 4.69) is 99.2 Å². The summed E-state index contributed by atoms with van der Waals surface area (Å²) in [5.74, 6) is 2.74. The molecule has 10 rings (SSSR count). The smallest absolute Gasteiger partial charge is 0.410 e. The summed E-state index contributed by atoms with van der Waals surface area (Å²) < 4.78 is 17.6. The quantitative estimate of drug-likeness (QED) is 0.152. The van der Waals surface area contributed by atoms with Crippen molar-refractivity contribution < 1.29 is 38.5 Å². The van der Waals surface area contributed by atoms with Gasteiger partial charge in [0.05, 0.1) is 11.4 Å². The Morgan fingerprint density at radius 1 is 0.725 bits per heavy atom. The van der Waals surface area contributed by atoms with Gasteiger partial charge in [0.2, 0.25) is 0 Å². The van der Waals surface area contributed by atoms with Crippen LogP contribution in [0.1, 0.15) is 101 Å². The standard InChI is InChI=1S/C28H34N4O4.C23H26N4O2.C2H4O2/c1-18-26(33)30-29-25-17-35-24-11-10-20(16-23(24)32(18)25)21-12-13-31(27(34)36-28(2,3)4)22(15-21)14-19-8-6-5-7-9-19;1-15-23(28)26-25-22-14-29-21-8-7-17(13-20(21)27(15)22)18-9-10-24-19(12-18)11-16-5-3-2-4-6-16;1-2(3)4/h5-11,16,18,21-22H,12-15,17H2,1-4H3,(H,30,33);2-8,13,15,18-19,24H,9-12,14H2,1H3,(H,26,28);1H3,(H,3,4). The number of carboxylic acids is 1. The van der Waals surface area contributed by atoms with Gasteiger partial charge in [-0.2, -0.15) is 10.2 Å². The van der Waals surface area contributed by atoms with E-state index in [0.29, 0.717) is 37.6 Å². The first-order chi connectivity index (χ1) is 33.1. The predicted octanol–water partition coefficient (Wildman–Crippen LogP) is 7.33. The van der Waals surface area contributed by atoms with Crippen LogP contribution in [0.3, 0.4) is 0 Å². The van der Waals surface area contributed by atoms with E-state index in [4.69, 9.17) is 24.1 Å². The summed E-state index contributed by atoms with van der Waals surface area (Å²) >= 11 is 0. The molecule has 3 amide bonds. The number of amidine groups is 2. The van der Waals surface area contributed by atoms with Crippen molar-refractivity contribution in [1.82, 2.24) is 21.1 Å². The second kappa shape index (κ2) is 21.1. The van der Waals surface area contributed by atoms with Gasteiger partial charge in [0.15, 0.2) is 11.7 Å². The second-order valence-electron chi connectivity index (χ2n) is 19.5. The molecule has 6 atom stereocenters. The lowest BCUT2D eigenvalue weighted by Gasteiger charge is -2.41. The summed E-state index contributed by atoms with van der Waals surface area (Å²) in [5, 5.41) is 19.5. The first-order valence-corrected chi connectivity index (χ1v) is 24.0. The fourth-order valence-electron chi connectivity index (χ4n) is 9.95. The van der Waals surface area contributed by atoms with Crippen LogP contribution < -0.4 is 35.4 Å². The highest BCUT2D eigenvalue weighted by Crippen LogP contribution is 2.42. The van der Waals surface area contributed by atoms with Gasteiger partial charge in [-0.05, 0) is 138 Å². The van der Waals surface area contributed by atoms with E-state index in [1.807, 2.05) is 73.6 Å². The fourth-order valence-corrected chi connectivity index (χ4v) is 9.95. The molecule has 4 N–H and O–H groups in total. The molecular formula is C53H64N8O8. The van der Waals surface area contributed by atoms with Gasteiger partial charge in [0.25, 0.3) is 17.8 Å². The van der Waals surface area contributed by atoms with Crippen LogP contribution >= 0.6 is 0 Å². The highest BCUT2D eigenvalue weighted by molar-refractivity contribution is 6.10. The summed E-state index contributed by atoms with van der Waals surface area (Å²) in [6.45, 7) is 12.9. The number of fused-ring (bicyclic) bond motifs is 6. The van der Waals surface area contributed by atoms with Crippen molar-refractivity contribution in [1.29, 1.82) is 0 Å². The lowest BCUT2D eigenvalue weighted by molar-refractivity contribution is -0.134. The van der Waals surface area contributed by atoms with E-state index in [1.165, 1.54) is 22.3 Å². The van der Waals surface area contributed by atoms with E-state index in [9.17, 15) is 14.4 Å². The van der Waals surface area contributed by atoms with E-state index in [1.54, 1.807) is 0 Å². The van der Waals surface area contributed by atoms with Gasteiger partial charge in [-0.1, -0.05) is 72.8 Å². The minimum Gasteiger partial charge on any atom is -0.483 e. The average molecular weight is 941 g/mol. The second-order valence-corrected chi connectivity index (χ2v) is 19.5. The Morgan fingerprint density at radius 2 is 1.22 bits per heavy atom. The van der Waals surface area contributed by atoms with E-state index < -0.39 is 11.6 Å². The Morgan fingerprint density at radius 3 is 1.72 bits per heavy atom. The summed E-state index contributed by atoms with van der Waals surface area (Å²) in [4.78, 5) is 52.5. The molecule has 0 aliphatic carbocycles. The van der Waals surface area contributed by atoms with Gasteiger partial charge in [-0.15, -0.1) is 0 Å². The molecule has 364 valence electrons. The molecule has 0 radical (unpaired) electrons. The highest BCUT2D eigenvalue weighted by atomic mass is 16.6. The van der Waals surface area contributed by atoms with Crippen molar-refractivity contribution in [2.75, 3.05) is 36.1 Å². The minimum atomic E-state index is -0.833. The number of amides is 3. The van der Waals surface area contributed by atoms with Crippen LogP contribution in [0.2, 0.25) is 0 Å². The number of hydrazone groups is 2. The Kier molecular flexibility index (Phi) is 14.9. The number of ether oxygens (including phenoxy) is 3. The third kappa shape index (κ3) is 11.7. The molecule has 2 saturated heterocycles. The summed E-state index contributed by atoms with van der Waals surface area (Å²) in [5.41, 5.74) is 11.5. The van der Waals surface area contributed by atoms with Crippen molar-refractivity contribution in [2.45, 2.75) is 122 Å². The number of nitrogens with one attached hydrogen (secondary N) is 3. The number of benzene rings is 4. The zero-order valence-electron chi connectivity index (χ0n) is 40.3. The maximum absolute atomic E-state index is 13.1. The van der Waals surface area contributed by atoms with E-state index >= 15 is 0 Å². The van der Waals surface area contributed by atoms with Crippen LogP contribution in [0.5, 0.6) is 11.5 Å². The number of piperidine rings is 2. The lowest BCUT2D eigenvalue weighted by atomic mass is 9.83. The molecule has 0 spiro atoms. The zero-order chi connectivity index (χ0) is 48.8. The van der Waals surface area contributed by atoms with Gasteiger partial charge in [-0.3, -0.25) is 14.4 Å². The highest BCUT2D eigenvalue weighted by Gasteiger charge is 2.39. The van der Waals surface area contributed by atoms with Crippen molar-refractivity contribution in [3.05, 3.63) is 119 Å². The zero-order valence-corrected chi connectivity index (χ0v) is 40.3. The first kappa shape index (κ1) is 48.5. The molecule has 0 saturated carbocycles. The van der Waals surface area contributed by atoms with Crippen molar-refractivity contribution in [3.63, 3.8) is 0 Å². The van der Waals surface area contributed by atoms with Crippen molar-refractivity contribution >= 4 is 46.9 Å². The first-order valence-electron chi connectivity index (χ1n) is 24.0. The van der Waals surface area contributed by atoms with Gasteiger partial charge in [-0.25, -0.2) is 15.6 Å². The molecule has 6 aliphatic heterocycles. The average Bonchev–Trinajstić information content (AvgIpc) is 3.33. The van der Waals surface area contributed by atoms with Gasteiger partial charge in [0.1, 0.15) is 42.4 Å². The van der Waals surface area contributed by atoms with E-state index in [0.717, 1.165) is 80.7 Å². The van der Waals surface area contributed by atoms with Crippen LogP contribution in [-0.2, 0) is 32.0 Å². The molecule has 16 heteroatoms. The van der Waals surface area contributed by atoms with Gasteiger partial charge in [0, 0.05) is 25.6 Å². The van der Waals surface area contributed by atoms with Crippen LogP contribution in [-0.4, -0.2) is 102 Å². The molecule has 4 aromatic carbocycles. The third-order valence-electron chi connectivity index (χ3n) is 13.3. The number of hydrogen-bond donors (Lipinski definition) is 4. The molecule has 2 fully saturated rings. The van der Waals surface area contributed by atoms with Crippen LogP contribution in [0, 0.1) is 0 Å². The Bertz CT molecular complexity index is 2560. The number of rotatable bonds is 6. The number of carboxylic acid groups (broad SMARTS) is 1. The molecule has 4 aromatic rings. The van der Waals surface area contributed by atoms with E-state index in [-0.39, 0.29) is 42.0 Å². The molecule has 0 aromatic heterocycles. The third-order valence-corrected chi connectivity index (χ3v) is 13.3. The van der Waals surface area contributed by atoms with Crippen LogP contribution in [0.4, 0.5) is 16.2 Å². The number of nitrogens with zero attached hydrogens (tertiary/aromatic N) is 5. The Hall–Kier alpha value is -6.94. The monoisotopic (exact) mass is 940 g/mol. The summed E-state index contributed by atoms with van der Waals surface area (Å²) in [7, 11) is 0. The summed E-state index contributed by atoms with van der Waals surface area (Å²) in [6.07, 6.45) is 5.44. The Balaban J connectivity index is 0.000000176. The molecular weight excluding hydrogens is 877 g/mol. The summed E-state index contributed by atoms with van der Waals surface area (Å²) in [6, 6.07) is 33.5. The maximum Gasteiger partial charge on any atom is 0.410 e. The number of hydrogen-bond acceptors (Lipinski definition) is 12. The van der Waals surface area contributed by atoms with Crippen LogP contribution in [0.25, 0.3) is 0 Å². The van der Waals surface area contributed by atoms with Gasteiger partial charge >= 0.3 is 6.09 Å². The minimum absolute atomic E-state index is 0.0186. The number of carbonyl (C=O) groups is 4. The normalized spacial score (nSPS) is 23.6. The number of likely N-dealkylation sites (tertiary alicyclic amines) is 1. The SMILES string of the molecule is CC(=O)O.CC1C(=O)NN=C2COc3ccc(C4CCN(C(=O)OC(C)(C)C)C(Cc5ccccc5)C4)cc3N21.CC1C(=O)NN=C2COc3ccc(C4CCNC(Cc5ccccc5)C4)cc3N21. The predicted molar refractivity (Wildman–Crippen MR) is 265 cm³/mol. The maximum atomic E-state index is 13.1. The van der Waals surface area contributed by atoms with Crippen LogP contribution in [0.15, 0.2) is 107 Å². The molecule has 16 nitrogen and oxygen atoms in total. The molecule has 69 heavy (non-hydrogen) atoms. The Labute approximate surface area is 404 Å². The largest absolute Gasteiger partial charge is 0.483 e. The molecule has 6 aliphatic rings. The number of aliphatic carboxylic acids is 1. The molecule has 0 bridgehead atoms. The van der Waals surface area contributed by atoms with Crippen molar-refractivity contribution in [2.24, 2.45) is 10.2 Å². The fraction of sp³-hybridized carbons (Fsp3) is 0.434. The van der Waals surface area contributed by atoms with Gasteiger partial charge < -0.3 is 39.3 Å².